The van der Waals surface area contributed by atoms with Crippen LogP contribution in [0.5, 0.6) is 0 Å². The number of benzene rings is 1. The van der Waals surface area contributed by atoms with E-state index in [9.17, 15) is 14.4 Å². The largest absolute Gasteiger partial charge is 0.297 e. The van der Waals surface area contributed by atoms with Crippen molar-refractivity contribution in [1.82, 2.24) is 5.01 Å². The van der Waals surface area contributed by atoms with E-state index in [2.05, 4.69) is 21.0 Å². The normalized spacial score (nSPS) is 29.3. The minimum absolute atomic E-state index is 0.0775. The first-order valence-electron chi connectivity index (χ1n) is 8.88. The molecule has 4 rings (SSSR count). The van der Waals surface area contributed by atoms with E-state index in [1.807, 2.05) is 26.8 Å². The molecule has 1 aromatic carbocycles. The van der Waals surface area contributed by atoms with Crippen LogP contribution in [0.25, 0.3) is 0 Å². The van der Waals surface area contributed by atoms with Gasteiger partial charge in [-0.15, -0.1) is 0 Å². The second kappa shape index (κ2) is 6.12. The molecular weight excluding hydrogens is 410 g/mol. The minimum Gasteiger partial charge on any atom is -0.297 e. The van der Waals surface area contributed by atoms with Crippen molar-refractivity contribution in [3.8, 4) is 0 Å². The second-order valence-electron chi connectivity index (χ2n) is 8.12. The maximum absolute atomic E-state index is 13.3. The Morgan fingerprint density at radius 3 is 2.33 bits per heavy atom. The minimum atomic E-state index is -0.738. The number of fused-ring (bicyclic) bond motifs is 3. The molecule has 7 heteroatoms. The van der Waals surface area contributed by atoms with Gasteiger partial charge in [-0.25, -0.2) is 4.90 Å². The van der Waals surface area contributed by atoms with E-state index >= 15 is 0 Å². The highest BCUT2D eigenvalue weighted by atomic mass is 79.9. The van der Waals surface area contributed by atoms with Gasteiger partial charge in [0.15, 0.2) is 5.78 Å². The average molecular weight is 430 g/mol. The summed E-state index contributed by atoms with van der Waals surface area (Å²) < 4.78 is 0.863. The van der Waals surface area contributed by atoms with Gasteiger partial charge in [-0.05, 0) is 30.3 Å². The molecule has 140 valence electrons. The standard InChI is InChI=1S/C20H20BrN3O3/c1-20(2,3)17(25)16-15-14(13-5-4-10-22-24(13)16)18(26)23(19(15)27)12-8-6-11(21)7-9-12/h4-10,13-16H,1-3H3/t13-,14-,15+,16-/m0/s1. The molecule has 3 heterocycles. The Bertz CT molecular complexity index is 885. The first-order valence-corrected chi connectivity index (χ1v) is 9.68. The van der Waals surface area contributed by atoms with Crippen LogP contribution in [-0.2, 0) is 14.4 Å². The van der Waals surface area contributed by atoms with E-state index in [1.165, 1.54) is 4.90 Å². The van der Waals surface area contributed by atoms with Crippen LogP contribution in [0.2, 0.25) is 0 Å². The highest BCUT2D eigenvalue weighted by Crippen LogP contribution is 2.47. The number of nitrogens with zero attached hydrogens (tertiary/aromatic N) is 3. The predicted molar refractivity (Wildman–Crippen MR) is 105 cm³/mol. The van der Waals surface area contributed by atoms with Crippen LogP contribution in [0.4, 0.5) is 5.69 Å². The van der Waals surface area contributed by atoms with Crippen LogP contribution in [0.15, 0.2) is 46.0 Å². The van der Waals surface area contributed by atoms with Crippen molar-refractivity contribution in [2.24, 2.45) is 22.4 Å². The summed E-state index contributed by atoms with van der Waals surface area (Å²) in [7, 11) is 0. The zero-order chi connectivity index (χ0) is 19.5. The van der Waals surface area contributed by atoms with Crippen molar-refractivity contribution in [1.29, 1.82) is 0 Å². The number of allylic oxidation sites excluding steroid dienone is 1. The number of carbonyl (C=O) groups is 3. The molecule has 3 aliphatic heterocycles. The number of imide groups is 1. The lowest BCUT2D eigenvalue weighted by Gasteiger charge is -2.33. The molecule has 2 amide bonds. The van der Waals surface area contributed by atoms with Crippen molar-refractivity contribution >= 4 is 45.4 Å². The molecule has 0 radical (unpaired) electrons. The second-order valence-corrected chi connectivity index (χ2v) is 9.03. The Morgan fingerprint density at radius 1 is 1.07 bits per heavy atom. The highest BCUT2D eigenvalue weighted by Gasteiger charge is 2.64. The lowest BCUT2D eigenvalue weighted by atomic mass is 9.80. The van der Waals surface area contributed by atoms with Gasteiger partial charge < -0.3 is 0 Å². The van der Waals surface area contributed by atoms with Gasteiger partial charge in [0.2, 0.25) is 11.8 Å². The predicted octanol–water partition coefficient (Wildman–Crippen LogP) is 2.78. The van der Waals surface area contributed by atoms with Crippen molar-refractivity contribution in [2.45, 2.75) is 32.9 Å². The van der Waals surface area contributed by atoms with Crippen LogP contribution in [0.3, 0.4) is 0 Å². The third kappa shape index (κ3) is 2.67. The molecule has 27 heavy (non-hydrogen) atoms. The highest BCUT2D eigenvalue weighted by molar-refractivity contribution is 9.10. The Balaban J connectivity index is 1.79. The van der Waals surface area contributed by atoms with Crippen molar-refractivity contribution in [3.05, 3.63) is 40.9 Å². The molecule has 6 nitrogen and oxygen atoms in total. The number of rotatable bonds is 2. The fourth-order valence-corrected chi connectivity index (χ4v) is 4.39. The maximum Gasteiger partial charge on any atom is 0.240 e. The van der Waals surface area contributed by atoms with Crippen LogP contribution in [0, 0.1) is 17.3 Å². The van der Waals surface area contributed by atoms with Crippen LogP contribution >= 0.6 is 15.9 Å². The molecule has 1 aromatic rings. The number of hydrogen-bond acceptors (Lipinski definition) is 5. The van der Waals surface area contributed by atoms with Crippen LogP contribution < -0.4 is 4.90 Å². The number of ketones is 1. The van der Waals surface area contributed by atoms with Gasteiger partial charge in [0, 0.05) is 16.1 Å². The summed E-state index contributed by atoms with van der Waals surface area (Å²) in [6.45, 7) is 5.48. The molecule has 2 saturated heterocycles. The van der Waals surface area contributed by atoms with Crippen molar-refractivity contribution < 1.29 is 14.4 Å². The summed E-state index contributed by atoms with van der Waals surface area (Å²) in [6.07, 6.45) is 5.22. The van der Waals surface area contributed by atoms with Gasteiger partial charge in [0.05, 0.1) is 23.6 Å². The molecule has 0 unspecified atom stereocenters. The average Bonchev–Trinajstić information content (AvgIpc) is 3.08. The molecule has 0 spiro atoms. The Hall–Kier alpha value is -2.28. The molecule has 4 atom stereocenters. The molecule has 0 N–H and O–H groups in total. The third-order valence-electron chi connectivity index (χ3n) is 5.38. The van der Waals surface area contributed by atoms with Gasteiger partial charge in [0.1, 0.15) is 6.04 Å². The number of hydrazone groups is 1. The first-order chi connectivity index (χ1) is 12.7. The molecule has 0 bridgehead atoms. The monoisotopic (exact) mass is 429 g/mol. The quantitative estimate of drug-likeness (QED) is 0.677. The third-order valence-corrected chi connectivity index (χ3v) is 5.91. The van der Waals surface area contributed by atoms with Crippen molar-refractivity contribution in [2.75, 3.05) is 4.90 Å². The van der Waals surface area contributed by atoms with Crippen molar-refractivity contribution in [3.63, 3.8) is 0 Å². The van der Waals surface area contributed by atoms with E-state index < -0.39 is 23.3 Å². The summed E-state index contributed by atoms with van der Waals surface area (Å²) in [5.41, 5.74) is -0.116. The maximum atomic E-state index is 13.3. The molecule has 0 aromatic heterocycles. The van der Waals surface area contributed by atoms with E-state index in [0.29, 0.717) is 5.69 Å². The van der Waals surface area contributed by atoms with Gasteiger partial charge in [0.25, 0.3) is 0 Å². The number of Topliss-reactive ketones (excluding diaryl/α,β-unsaturated/α-hetero) is 1. The van der Waals surface area contributed by atoms with Gasteiger partial charge in [-0.1, -0.05) is 42.8 Å². The number of anilines is 1. The lowest BCUT2D eigenvalue weighted by Crippen LogP contribution is -2.49. The van der Waals surface area contributed by atoms with Gasteiger partial charge >= 0.3 is 0 Å². The molecular formula is C20H20BrN3O3. The topological polar surface area (TPSA) is 70.0 Å². The summed E-state index contributed by atoms with van der Waals surface area (Å²) in [5, 5.41) is 5.99. The number of carbonyl (C=O) groups excluding carboxylic acids is 3. The van der Waals surface area contributed by atoms with Crippen LogP contribution in [0.1, 0.15) is 20.8 Å². The zero-order valence-electron chi connectivity index (χ0n) is 15.3. The molecule has 3 aliphatic rings. The van der Waals surface area contributed by atoms with E-state index in [-0.39, 0.29) is 23.6 Å². The number of halogens is 1. The molecule has 0 saturated carbocycles. The summed E-state index contributed by atoms with van der Waals surface area (Å²) in [5.74, 6) is -2.00. The number of amides is 2. The fraction of sp³-hybridized carbons (Fsp3) is 0.400. The molecule has 2 fully saturated rings. The summed E-state index contributed by atoms with van der Waals surface area (Å²) >= 11 is 3.36. The van der Waals surface area contributed by atoms with E-state index in [4.69, 9.17) is 0 Å². The van der Waals surface area contributed by atoms with Gasteiger partial charge in [-0.2, -0.15) is 5.10 Å². The van der Waals surface area contributed by atoms with Gasteiger partial charge in [-0.3, -0.25) is 19.4 Å². The van der Waals surface area contributed by atoms with E-state index in [1.54, 1.807) is 41.6 Å². The smallest absolute Gasteiger partial charge is 0.240 e. The fourth-order valence-electron chi connectivity index (χ4n) is 4.13. The van der Waals surface area contributed by atoms with E-state index in [0.717, 1.165) is 4.47 Å². The Kier molecular flexibility index (Phi) is 4.10. The summed E-state index contributed by atoms with van der Waals surface area (Å²) in [4.78, 5) is 40.9. The SMILES string of the molecule is CC(C)(C)C(=O)[C@@H]1[C@@H]2C(=O)N(c3ccc(Br)cc3)C(=O)[C@H]2[C@@H]2C=CC=NN12. The Labute approximate surface area is 166 Å². The lowest BCUT2D eigenvalue weighted by molar-refractivity contribution is -0.136. The number of hydrogen-bond donors (Lipinski definition) is 0. The summed E-state index contributed by atoms with van der Waals surface area (Å²) in [6, 6.07) is 5.92. The Morgan fingerprint density at radius 2 is 1.70 bits per heavy atom. The molecule has 0 aliphatic carbocycles. The van der Waals surface area contributed by atoms with Crippen LogP contribution in [-0.4, -0.2) is 40.9 Å². The first kappa shape index (κ1) is 18.1. The zero-order valence-corrected chi connectivity index (χ0v) is 16.9.